The van der Waals surface area contributed by atoms with Gasteiger partial charge in [-0.05, 0) is 43.3 Å². The zero-order chi connectivity index (χ0) is 18.5. The molecule has 0 saturated heterocycles. The molecule has 0 aliphatic carbocycles. The van der Waals surface area contributed by atoms with E-state index in [1.54, 1.807) is 54.7 Å². The number of carbonyl (C=O) groups excluding carboxylic acids is 1. The highest BCUT2D eigenvalue weighted by Crippen LogP contribution is 2.16. The van der Waals surface area contributed by atoms with Gasteiger partial charge in [0.05, 0.1) is 12.2 Å². The van der Waals surface area contributed by atoms with Gasteiger partial charge in [0.15, 0.2) is 6.73 Å². The van der Waals surface area contributed by atoms with Crippen LogP contribution in [0.2, 0.25) is 5.02 Å². The van der Waals surface area contributed by atoms with Gasteiger partial charge in [0.25, 0.3) is 5.91 Å². The van der Waals surface area contributed by atoms with Crippen molar-refractivity contribution in [1.82, 2.24) is 24.5 Å². The largest absolute Gasteiger partial charge is 0.471 e. The molecular weight excluding hydrogens is 354 g/mol. The molecule has 2 aromatic heterocycles. The minimum absolute atomic E-state index is 0.133. The molecule has 1 amide bonds. The second-order valence-corrected chi connectivity index (χ2v) is 6.18. The second kappa shape index (κ2) is 8.05. The Hall–Kier alpha value is -2.80. The van der Waals surface area contributed by atoms with Gasteiger partial charge in [-0.3, -0.25) is 9.48 Å². The van der Waals surface area contributed by atoms with E-state index >= 15 is 0 Å². The molecule has 0 saturated carbocycles. The first-order chi connectivity index (χ1) is 12.6. The Bertz CT molecular complexity index is 872. The molecule has 0 N–H and O–H groups in total. The first-order valence-electron chi connectivity index (χ1n) is 8.25. The average molecular weight is 374 g/mol. The zero-order valence-corrected chi connectivity index (χ0v) is 15.4. The summed E-state index contributed by atoms with van der Waals surface area (Å²) in [5.41, 5.74) is 1.44. The van der Waals surface area contributed by atoms with E-state index in [2.05, 4.69) is 10.2 Å². The fourth-order valence-corrected chi connectivity index (χ4v) is 2.70. The second-order valence-electron chi connectivity index (χ2n) is 5.74. The van der Waals surface area contributed by atoms with Crippen LogP contribution in [0, 0.1) is 0 Å². The summed E-state index contributed by atoms with van der Waals surface area (Å²) in [4.78, 5) is 14.4. The molecule has 3 aromatic rings. The van der Waals surface area contributed by atoms with Crippen LogP contribution < -0.4 is 4.74 Å². The number of aryl methyl sites for hydroxylation is 1. The summed E-state index contributed by atoms with van der Waals surface area (Å²) in [6.07, 6.45) is 3.32. The van der Waals surface area contributed by atoms with E-state index in [4.69, 9.17) is 16.3 Å². The van der Waals surface area contributed by atoms with E-state index in [-0.39, 0.29) is 12.6 Å². The molecule has 0 fully saturated rings. The van der Waals surface area contributed by atoms with Crippen LogP contribution in [-0.4, -0.2) is 37.4 Å². The van der Waals surface area contributed by atoms with Gasteiger partial charge in [0.1, 0.15) is 11.4 Å². The molecule has 0 radical (unpaired) electrons. The summed E-state index contributed by atoms with van der Waals surface area (Å²) in [7, 11) is 1.76. The molecule has 0 unspecified atom stereocenters. The van der Waals surface area contributed by atoms with Gasteiger partial charge in [-0.25, -0.2) is 4.68 Å². The van der Waals surface area contributed by atoms with Crippen LogP contribution >= 0.6 is 11.6 Å². The van der Waals surface area contributed by atoms with Crippen molar-refractivity contribution >= 4 is 17.5 Å². The fourth-order valence-electron chi connectivity index (χ4n) is 2.57. The van der Waals surface area contributed by atoms with E-state index in [0.29, 0.717) is 23.0 Å². The predicted molar refractivity (Wildman–Crippen MR) is 98.0 cm³/mol. The number of amides is 1. The Morgan fingerprint density at radius 3 is 2.54 bits per heavy atom. The summed E-state index contributed by atoms with van der Waals surface area (Å²) in [6.45, 7) is 3.38. The van der Waals surface area contributed by atoms with Crippen molar-refractivity contribution < 1.29 is 9.53 Å². The maximum Gasteiger partial charge on any atom is 0.272 e. The third-order valence-electron chi connectivity index (χ3n) is 3.95. The van der Waals surface area contributed by atoms with Crippen molar-refractivity contribution in [2.45, 2.75) is 26.7 Å². The van der Waals surface area contributed by atoms with Crippen LogP contribution in [0.4, 0.5) is 0 Å². The number of aromatic nitrogens is 4. The Morgan fingerprint density at radius 1 is 1.12 bits per heavy atom. The van der Waals surface area contributed by atoms with Crippen LogP contribution in [0.5, 0.6) is 5.75 Å². The molecule has 0 aliphatic rings. The first kappa shape index (κ1) is 18.0. The molecule has 2 heterocycles. The number of rotatable bonds is 7. The third kappa shape index (κ3) is 4.05. The smallest absolute Gasteiger partial charge is 0.272 e. The Kier molecular flexibility index (Phi) is 5.58. The van der Waals surface area contributed by atoms with Gasteiger partial charge in [-0.15, -0.1) is 0 Å². The van der Waals surface area contributed by atoms with Crippen molar-refractivity contribution in [1.29, 1.82) is 0 Å². The van der Waals surface area contributed by atoms with E-state index in [1.807, 2.05) is 17.7 Å². The Labute approximate surface area is 156 Å². The lowest BCUT2D eigenvalue weighted by Crippen LogP contribution is -2.30. The molecule has 3 rings (SSSR count). The van der Waals surface area contributed by atoms with Gasteiger partial charge < -0.3 is 9.64 Å². The van der Waals surface area contributed by atoms with E-state index in [0.717, 1.165) is 12.2 Å². The molecule has 0 atom stereocenters. The van der Waals surface area contributed by atoms with Crippen molar-refractivity contribution in [2.75, 3.05) is 7.05 Å². The summed E-state index contributed by atoms with van der Waals surface area (Å²) < 4.78 is 9.07. The molecule has 8 heteroatoms. The van der Waals surface area contributed by atoms with Crippen molar-refractivity contribution in [3.8, 4) is 5.75 Å². The number of hydrogen-bond donors (Lipinski definition) is 0. The first-order valence-corrected chi connectivity index (χ1v) is 8.62. The molecule has 7 nitrogen and oxygen atoms in total. The van der Waals surface area contributed by atoms with Gasteiger partial charge >= 0.3 is 0 Å². The molecule has 0 aliphatic heterocycles. The Morgan fingerprint density at radius 2 is 1.81 bits per heavy atom. The quantitative estimate of drug-likeness (QED) is 0.638. The fraction of sp³-hybridized carbons (Fsp3) is 0.278. The minimum atomic E-state index is -0.133. The van der Waals surface area contributed by atoms with E-state index < -0.39 is 0 Å². The maximum absolute atomic E-state index is 12.8. The summed E-state index contributed by atoms with van der Waals surface area (Å²) in [6, 6.07) is 10.6. The summed E-state index contributed by atoms with van der Waals surface area (Å²) in [5, 5.41) is 9.05. The average Bonchev–Trinajstić information content (AvgIpc) is 3.29. The topological polar surface area (TPSA) is 65.2 Å². The van der Waals surface area contributed by atoms with Crippen LogP contribution in [0.15, 0.2) is 48.8 Å². The van der Waals surface area contributed by atoms with Crippen molar-refractivity contribution in [3.63, 3.8) is 0 Å². The summed E-state index contributed by atoms with van der Waals surface area (Å²) in [5.74, 6) is 0.523. The standard InChI is InChI=1S/C18H20ClN5O2/c1-3-23-15(8-10-20-23)12-22(2)18(25)17-9-11-21-24(17)13-26-16-6-4-14(19)5-7-16/h4-11H,3,12-13H2,1-2H3. The van der Waals surface area contributed by atoms with Crippen molar-refractivity contribution in [2.24, 2.45) is 0 Å². The number of hydrogen-bond acceptors (Lipinski definition) is 4. The molecule has 136 valence electrons. The SMILES string of the molecule is CCn1nccc1CN(C)C(=O)c1ccnn1COc1ccc(Cl)cc1. The van der Waals surface area contributed by atoms with E-state index in [1.165, 1.54) is 4.68 Å². The molecular formula is C18H20ClN5O2. The molecule has 0 spiro atoms. The maximum atomic E-state index is 12.8. The third-order valence-corrected chi connectivity index (χ3v) is 4.20. The van der Waals surface area contributed by atoms with Gasteiger partial charge in [-0.1, -0.05) is 11.6 Å². The molecule has 1 aromatic carbocycles. The van der Waals surface area contributed by atoms with Gasteiger partial charge in [0, 0.05) is 31.0 Å². The minimum Gasteiger partial charge on any atom is -0.471 e. The zero-order valence-electron chi connectivity index (χ0n) is 14.7. The lowest BCUT2D eigenvalue weighted by molar-refractivity contribution is 0.0758. The monoisotopic (exact) mass is 373 g/mol. The van der Waals surface area contributed by atoms with E-state index in [9.17, 15) is 4.79 Å². The number of ether oxygens (including phenoxy) is 1. The van der Waals surface area contributed by atoms with Gasteiger partial charge in [0.2, 0.25) is 0 Å². The lowest BCUT2D eigenvalue weighted by Gasteiger charge is -2.18. The van der Waals surface area contributed by atoms with Gasteiger partial charge in [-0.2, -0.15) is 10.2 Å². The van der Waals surface area contributed by atoms with Crippen LogP contribution in [-0.2, 0) is 19.8 Å². The molecule has 26 heavy (non-hydrogen) atoms. The molecule has 0 bridgehead atoms. The normalized spacial score (nSPS) is 10.7. The highest BCUT2D eigenvalue weighted by Gasteiger charge is 2.18. The highest BCUT2D eigenvalue weighted by atomic mass is 35.5. The number of benzene rings is 1. The Balaban J connectivity index is 1.66. The highest BCUT2D eigenvalue weighted by molar-refractivity contribution is 6.30. The van der Waals surface area contributed by atoms with Crippen LogP contribution in [0.25, 0.3) is 0 Å². The number of halogens is 1. The van der Waals surface area contributed by atoms with Crippen LogP contribution in [0.1, 0.15) is 23.1 Å². The number of nitrogens with zero attached hydrogens (tertiary/aromatic N) is 5. The summed E-state index contributed by atoms with van der Waals surface area (Å²) >= 11 is 5.86. The lowest BCUT2D eigenvalue weighted by atomic mass is 10.3. The van der Waals surface area contributed by atoms with Crippen LogP contribution in [0.3, 0.4) is 0 Å². The van der Waals surface area contributed by atoms with Crippen molar-refractivity contribution in [3.05, 3.63) is 65.2 Å². The number of carbonyl (C=O) groups is 1. The predicted octanol–water partition coefficient (Wildman–Crippen LogP) is 3.06.